The summed E-state index contributed by atoms with van der Waals surface area (Å²) >= 11 is 0. The van der Waals surface area contributed by atoms with E-state index in [1.54, 1.807) is 6.92 Å². The van der Waals surface area contributed by atoms with Crippen molar-refractivity contribution < 1.29 is 31.1 Å². The largest absolute Gasteiger partial charge is 0.573 e. The molecule has 0 atom stereocenters. The van der Waals surface area contributed by atoms with E-state index in [-0.39, 0.29) is 28.6 Å². The van der Waals surface area contributed by atoms with Gasteiger partial charge < -0.3 is 10.1 Å². The molecule has 0 radical (unpaired) electrons. The zero-order valence-corrected chi connectivity index (χ0v) is 16.2. The monoisotopic (exact) mass is 428 g/mol. The lowest BCUT2D eigenvalue weighted by Gasteiger charge is -2.14. The van der Waals surface area contributed by atoms with Gasteiger partial charge in [-0.3, -0.25) is 4.79 Å². The number of amides is 1. The van der Waals surface area contributed by atoms with Gasteiger partial charge in [0.15, 0.2) is 0 Å². The van der Waals surface area contributed by atoms with Gasteiger partial charge in [-0.1, -0.05) is 24.3 Å². The van der Waals surface area contributed by atoms with Crippen LogP contribution in [-0.2, 0) is 16.6 Å². The molecule has 2 N–H and O–H groups in total. The van der Waals surface area contributed by atoms with Crippen molar-refractivity contribution in [2.24, 2.45) is 0 Å². The third-order valence-corrected chi connectivity index (χ3v) is 5.82. The van der Waals surface area contributed by atoms with Crippen molar-refractivity contribution in [3.05, 3.63) is 59.2 Å². The number of ether oxygens (including phenoxy) is 1. The molecule has 1 amide bonds. The Morgan fingerprint density at radius 1 is 1.17 bits per heavy atom. The van der Waals surface area contributed by atoms with Crippen LogP contribution in [0, 0.1) is 6.92 Å². The van der Waals surface area contributed by atoms with Gasteiger partial charge in [-0.05, 0) is 43.5 Å². The van der Waals surface area contributed by atoms with Gasteiger partial charge in [0.1, 0.15) is 5.75 Å². The van der Waals surface area contributed by atoms with E-state index in [1.807, 2.05) is 0 Å². The van der Waals surface area contributed by atoms with Crippen molar-refractivity contribution in [2.45, 2.75) is 43.6 Å². The molecule has 1 aliphatic carbocycles. The second-order valence-corrected chi connectivity index (χ2v) is 8.42. The lowest BCUT2D eigenvalue weighted by Crippen LogP contribution is -2.27. The number of carbonyl (C=O) groups excluding carboxylic acids is 1. The number of para-hydroxylation sites is 1. The zero-order chi connectivity index (χ0) is 21.2. The quantitative estimate of drug-likeness (QED) is 0.709. The molecule has 0 aromatic heterocycles. The third kappa shape index (κ3) is 5.70. The molecule has 0 saturated heterocycles. The summed E-state index contributed by atoms with van der Waals surface area (Å²) in [7, 11) is -3.74. The highest BCUT2D eigenvalue weighted by atomic mass is 32.2. The fourth-order valence-electron chi connectivity index (χ4n) is 2.65. The smallest absolute Gasteiger partial charge is 0.405 e. The second kappa shape index (κ2) is 8.03. The number of hydrogen-bond acceptors (Lipinski definition) is 4. The molecule has 1 fully saturated rings. The molecule has 2 aromatic carbocycles. The van der Waals surface area contributed by atoms with E-state index in [4.69, 9.17) is 0 Å². The Kier molecular flexibility index (Phi) is 5.85. The molecule has 10 heteroatoms. The Hall–Kier alpha value is -2.59. The minimum absolute atomic E-state index is 0.0408. The minimum atomic E-state index is -4.85. The van der Waals surface area contributed by atoms with E-state index in [0.29, 0.717) is 5.56 Å². The normalized spacial score (nSPS) is 14.5. The molecular formula is C19H19F3N2O4S. The molecule has 3 rings (SSSR count). The van der Waals surface area contributed by atoms with E-state index < -0.39 is 28.0 Å². The number of benzene rings is 2. The van der Waals surface area contributed by atoms with Crippen molar-refractivity contribution in [1.29, 1.82) is 0 Å². The summed E-state index contributed by atoms with van der Waals surface area (Å²) in [6.45, 7) is 1.42. The van der Waals surface area contributed by atoms with Crippen LogP contribution in [-0.4, -0.2) is 26.7 Å². The van der Waals surface area contributed by atoms with E-state index in [0.717, 1.165) is 18.9 Å². The first-order valence-electron chi connectivity index (χ1n) is 8.80. The number of rotatable bonds is 7. The molecule has 1 aliphatic rings. The van der Waals surface area contributed by atoms with Crippen LogP contribution in [0.1, 0.15) is 34.3 Å². The van der Waals surface area contributed by atoms with E-state index in [1.165, 1.54) is 36.4 Å². The fourth-order valence-corrected chi connectivity index (χ4v) is 3.98. The fraction of sp³-hybridized carbons (Fsp3) is 0.316. The van der Waals surface area contributed by atoms with Gasteiger partial charge in [0, 0.05) is 23.7 Å². The number of halogens is 3. The maximum atomic E-state index is 12.6. The van der Waals surface area contributed by atoms with E-state index in [2.05, 4.69) is 14.8 Å². The van der Waals surface area contributed by atoms with Crippen LogP contribution < -0.4 is 14.8 Å². The van der Waals surface area contributed by atoms with Crippen molar-refractivity contribution in [3.63, 3.8) is 0 Å². The van der Waals surface area contributed by atoms with Crippen LogP contribution in [0.4, 0.5) is 13.2 Å². The lowest BCUT2D eigenvalue weighted by atomic mass is 10.1. The molecule has 156 valence electrons. The average Bonchev–Trinajstić information content (AvgIpc) is 3.43. The summed E-state index contributed by atoms with van der Waals surface area (Å²) in [6.07, 6.45) is -3.30. The van der Waals surface area contributed by atoms with Gasteiger partial charge in [0.05, 0.1) is 4.90 Å². The Morgan fingerprint density at radius 2 is 1.86 bits per heavy atom. The third-order valence-electron chi connectivity index (χ3n) is 4.30. The van der Waals surface area contributed by atoms with Gasteiger partial charge >= 0.3 is 6.36 Å². The molecule has 0 bridgehead atoms. The predicted octanol–water partition coefficient (Wildman–Crippen LogP) is 3.26. The van der Waals surface area contributed by atoms with E-state index >= 15 is 0 Å². The summed E-state index contributed by atoms with van der Waals surface area (Å²) in [5.74, 6) is -1.02. The number of sulfonamides is 1. The molecule has 1 saturated carbocycles. The van der Waals surface area contributed by atoms with Crippen molar-refractivity contribution in [1.82, 2.24) is 10.0 Å². The second-order valence-electron chi connectivity index (χ2n) is 6.71. The molecule has 6 nitrogen and oxygen atoms in total. The lowest BCUT2D eigenvalue weighted by molar-refractivity contribution is -0.274. The van der Waals surface area contributed by atoms with E-state index in [9.17, 15) is 26.4 Å². The topological polar surface area (TPSA) is 84.5 Å². The molecule has 0 spiro atoms. The van der Waals surface area contributed by atoms with Crippen LogP contribution in [0.25, 0.3) is 0 Å². The van der Waals surface area contributed by atoms with Gasteiger partial charge in [-0.2, -0.15) is 0 Å². The summed E-state index contributed by atoms with van der Waals surface area (Å²) in [5.41, 5.74) is 0.792. The van der Waals surface area contributed by atoms with Crippen molar-refractivity contribution >= 4 is 15.9 Å². The van der Waals surface area contributed by atoms with Crippen LogP contribution in [0.3, 0.4) is 0 Å². The maximum Gasteiger partial charge on any atom is 0.573 e. The maximum absolute atomic E-state index is 12.6. The SMILES string of the molecule is Cc1ccc(S(=O)(=O)NC2CC2)cc1C(=O)NCc1ccccc1OC(F)(F)F. The average molecular weight is 428 g/mol. The zero-order valence-electron chi connectivity index (χ0n) is 15.4. The summed E-state index contributed by atoms with van der Waals surface area (Å²) in [6, 6.07) is 9.55. The first-order chi connectivity index (χ1) is 13.5. The summed E-state index contributed by atoms with van der Waals surface area (Å²) in [5, 5.41) is 2.51. The Balaban J connectivity index is 1.75. The van der Waals surface area contributed by atoms with Crippen molar-refractivity contribution in [3.8, 4) is 5.75 Å². The first-order valence-corrected chi connectivity index (χ1v) is 10.3. The van der Waals surface area contributed by atoms with Gasteiger partial charge in [-0.25, -0.2) is 13.1 Å². The van der Waals surface area contributed by atoms with Crippen LogP contribution >= 0.6 is 0 Å². The highest BCUT2D eigenvalue weighted by Crippen LogP contribution is 2.26. The van der Waals surface area contributed by atoms with Gasteiger partial charge in [0.25, 0.3) is 5.91 Å². The van der Waals surface area contributed by atoms with Crippen LogP contribution in [0.5, 0.6) is 5.75 Å². The molecule has 0 unspecified atom stereocenters. The van der Waals surface area contributed by atoms with Crippen LogP contribution in [0.15, 0.2) is 47.4 Å². The number of aryl methyl sites for hydroxylation is 1. The standard InChI is InChI=1S/C19H19F3N2O4S/c1-12-6-9-15(29(26,27)24-14-7-8-14)10-16(12)18(25)23-11-13-4-2-3-5-17(13)28-19(20,21)22/h2-6,9-10,14,24H,7-8,11H2,1H3,(H,23,25). The number of hydrogen-bond donors (Lipinski definition) is 2. The molecule has 0 aliphatic heterocycles. The molecule has 2 aromatic rings. The Bertz CT molecular complexity index is 1020. The van der Waals surface area contributed by atoms with Gasteiger partial charge in [0.2, 0.25) is 10.0 Å². The Labute approximate surface area is 166 Å². The Morgan fingerprint density at radius 3 is 2.52 bits per heavy atom. The molecule has 29 heavy (non-hydrogen) atoms. The number of alkyl halides is 3. The molecule has 0 heterocycles. The predicted molar refractivity (Wildman–Crippen MR) is 98.8 cm³/mol. The van der Waals surface area contributed by atoms with Crippen molar-refractivity contribution in [2.75, 3.05) is 0 Å². The van der Waals surface area contributed by atoms with Gasteiger partial charge in [-0.15, -0.1) is 13.2 Å². The molecular weight excluding hydrogens is 409 g/mol. The number of nitrogens with one attached hydrogen (secondary N) is 2. The summed E-state index contributed by atoms with van der Waals surface area (Å²) in [4.78, 5) is 12.5. The highest BCUT2D eigenvalue weighted by molar-refractivity contribution is 7.89. The number of carbonyl (C=O) groups is 1. The summed E-state index contributed by atoms with van der Waals surface area (Å²) < 4.78 is 68.8. The minimum Gasteiger partial charge on any atom is -0.405 e. The first kappa shape index (κ1) is 21.1. The van der Waals surface area contributed by atoms with Crippen LogP contribution in [0.2, 0.25) is 0 Å². The highest BCUT2D eigenvalue weighted by Gasteiger charge is 2.32.